The van der Waals surface area contributed by atoms with Gasteiger partial charge in [0.15, 0.2) is 0 Å². The van der Waals surface area contributed by atoms with E-state index in [9.17, 15) is 4.39 Å². The zero-order valence-electron chi connectivity index (χ0n) is 12.0. The van der Waals surface area contributed by atoms with E-state index >= 15 is 0 Å². The van der Waals surface area contributed by atoms with Gasteiger partial charge in [0.1, 0.15) is 5.82 Å². The molecule has 0 aliphatic heterocycles. The van der Waals surface area contributed by atoms with Crippen molar-refractivity contribution in [1.82, 2.24) is 5.32 Å². The number of rotatable bonds is 4. The lowest BCUT2D eigenvalue weighted by atomic mass is 9.93. The lowest BCUT2D eigenvalue weighted by Crippen LogP contribution is -2.23. The van der Waals surface area contributed by atoms with E-state index in [4.69, 9.17) is 11.6 Å². The molecule has 20 heavy (non-hydrogen) atoms. The quantitative estimate of drug-likeness (QED) is 0.853. The Balaban J connectivity index is 2.50. The second-order valence-electron chi connectivity index (χ2n) is 5.02. The molecule has 3 heteroatoms. The summed E-state index contributed by atoms with van der Waals surface area (Å²) < 4.78 is 14.2. The predicted octanol–water partition coefficient (Wildman–Crippen LogP) is 4.79. The summed E-state index contributed by atoms with van der Waals surface area (Å²) in [4.78, 5) is 0. The Morgan fingerprint density at radius 3 is 2.40 bits per heavy atom. The fourth-order valence-corrected chi connectivity index (χ4v) is 2.64. The topological polar surface area (TPSA) is 12.0 Å². The third-order valence-electron chi connectivity index (χ3n) is 3.42. The van der Waals surface area contributed by atoms with Gasteiger partial charge in [-0.05, 0) is 43.7 Å². The van der Waals surface area contributed by atoms with Crippen molar-refractivity contribution in [3.63, 3.8) is 0 Å². The maximum Gasteiger partial charge on any atom is 0.129 e. The van der Waals surface area contributed by atoms with Gasteiger partial charge in [-0.15, -0.1) is 0 Å². The molecule has 0 fully saturated rings. The summed E-state index contributed by atoms with van der Waals surface area (Å²) in [6.07, 6.45) is 0. The van der Waals surface area contributed by atoms with Crippen LogP contribution in [0.2, 0.25) is 5.02 Å². The van der Waals surface area contributed by atoms with Crippen LogP contribution in [0.5, 0.6) is 0 Å². The molecule has 0 bridgehead atoms. The smallest absolute Gasteiger partial charge is 0.129 e. The molecular formula is C17H19ClFN. The Kier molecular flexibility index (Phi) is 4.79. The van der Waals surface area contributed by atoms with Crippen molar-refractivity contribution >= 4 is 11.6 Å². The number of nitrogens with one attached hydrogen (secondary N) is 1. The monoisotopic (exact) mass is 291 g/mol. The molecule has 0 spiro atoms. The van der Waals surface area contributed by atoms with Crippen molar-refractivity contribution in [3.8, 4) is 0 Å². The van der Waals surface area contributed by atoms with Crippen LogP contribution in [0.15, 0.2) is 36.4 Å². The minimum absolute atomic E-state index is 0.155. The maximum atomic E-state index is 14.2. The van der Waals surface area contributed by atoms with Crippen LogP contribution in [-0.2, 0) is 0 Å². The van der Waals surface area contributed by atoms with E-state index in [-0.39, 0.29) is 11.9 Å². The molecular weight excluding hydrogens is 273 g/mol. The van der Waals surface area contributed by atoms with Crippen molar-refractivity contribution in [3.05, 3.63) is 69.5 Å². The molecule has 2 aromatic carbocycles. The van der Waals surface area contributed by atoms with E-state index in [0.717, 1.165) is 17.7 Å². The van der Waals surface area contributed by atoms with Gasteiger partial charge in [-0.1, -0.05) is 48.4 Å². The Bertz CT molecular complexity index is 558. The van der Waals surface area contributed by atoms with Crippen LogP contribution < -0.4 is 5.32 Å². The van der Waals surface area contributed by atoms with Crippen molar-refractivity contribution < 1.29 is 4.39 Å². The summed E-state index contributed by atoms with van der Waals surface area (Å²) in [7, 11) is 0. The molecule has 1 N–H and O–H groups in total. The highest BCUT2D eigenvalue weighted by Crippen LogP contribution is 2.28. The molecule has 2 aromatic rings. The maximum absolute atomic E-state index is 14.2. The normalized spacial score (nSPS) is 12.4. The van der Waals surface area contributed by atoms with Gasteiger partial charge in [0.2, 0.25) is 0 Å². The molecule has 2 rings (SSSR count). The molecule has 0 heterocycles. The summed E-state index contributed by atoms with van der Waals surface area (Å²) in [6, 6.07) is 10.9. The highest BCUT2D eigenvalue weighted by Gasteiger charge is 2.18. The Labute approximate surface area is 124 Å². The fraction of sp³-hybridized carbons (Fsp3) is 0.294. The van der Waals surface area contributed by atoms with E-state index in [2.05, 4.69) is 37.4 Å². The van der Waals surface area contributed by atoms with E-state index in [1.165, 1.54) is 11.6 Å². The summed E-state index contributed by atoms with van der Waals surface area (Å²) >= 11 is 5.84. The zero-order chi connectivity index (χ0) is 14.7. The van der Waals surface area contributed by atoms with Crippen LogP contribution >= 0.6 is 11.6 Å². The Morgan fingerprint density at radius 2 is 1.80 bits per heavy atom. The molecule has 0 saturated carbocycles. The highest BCUT2D eigenvalue weighted by molar-refractivity contribution is 6.30. The predicted molar refractivity (Wildman–Crippen MR) is 82.8 cm³/mol. The molecule has 0 aromatic heterocycles. The summed E-state index contributed by atoms with van der Waals surface area (Å²) in [5.74, 6) is -0.275. The van der Waals surface area contributed by atoms with Crippen molar-refractivity contribution in [1.29, 1.82) is 0 Å². The van der Waals surface area contributed by atoms with Gasteiger partial charge in [-0.3, -0.25) is 0 Å². The van der Waals surface area contributed by atoms with Crippen molar-refractivity contribution in [2.75, 3.05) is 6.54 Å². The van der Waals surface area contributed by atoms with Crippen LogP contribution in [0, 0.1) is 19.7 Å². The van der Waals surface area contributed by atoms with Crippen LogP contribution in [0.4, 0.5) is 4.39 Å². The second-order valence-corrected chi connectivity index (χ2v) is 5.45. The number of hydrogen-bond acceptors (Lipinski definition) is 1. The first-order valence-corrected chi connectivity index (χ1v) is 7.16. The first kappa shape index (κ1) is 15.0. The lowest BCUT2D eigenvalue weighted by molar-refractivity contribution is 0.558. The van der Waals surface area contributed by atoms with Crippen LogP contribution in [0.25, 0.3) is 0 Å². The number of hydrogen-bond donors (Lipinski definition) is 1. The highest BCUT2D eigenvalue weighted by atomic mass is 35.5. The lowest BCUT2D eigenvalue weighted by Gasteiger charge is -2.22. The minimum Gasteiger partial charge on any atom is -0.306 e. The van der Waals surface area contributed by atoms with Gasteiger partial charge in [0.25, 0.3) is 0 Å². The minimum atomic E-state index is -0.275. The number of halogens is 2. The zero-order valence-corrected chi connectivity index (χ0v) is 12.8. The van der Waals surface area contributed by atoms with E-state index in [1.807, 2.05) is 6.92 Å². The Morgan fingerprint density at radius 1 is 1.10 bits per heavy atom. The summed E-state index contributed by atoms with van der Waals surface area (Å²) in [5, 5.41) is 3.77. The number of benzene rings is 2. The standard InChI is InChI=1S/C17H19ClFN/c1-4-20-17(14-7-5-11(2)9-12(14)3)15-8-6-13(18)10-16(15)19/h5-10,17,20H,4H2,1-3H3. The van der Waals surface area contributed by atoms with Gasteiger partial charge in [-0.2, -0.15) is 0 Å². The average molecular weight is 292 g/mol. The molecule has 1 atom stereocenters. The average Bonchev–Trinajstić information content (AvgIpc) is 2.37. The van der Waals surface area contributed by atoms with Gasteiger partial charge >= 0.3 is 0 Å². The van der Waals surface area contributed by atoms with Gasteiger partial charge in [0.05, 0.1) is 6.04 Å². The molecule has 0 radical (unpaired) electrons. The van der Waals surface area contributed by atoms with Gasteiger partial charge < -0.3 is 5.32 Å². The molecule has 106 valence electrons. The van der Waals surface area contributed by atoms with Crippen LogP contribution in [0.1, 0.15) is 35.2 Å². The second kappa shape index (κ2) is 6.38. The third-order valence-corrected chi connectivity index (χ3v) is 3.65. The summed E-state index contributed by atoms with van der Waals surface area (Å²) in [6.45, 7) is 6.90. The fourth-order valence-electron chi connectivity index (χ4n) is 2.48. The van der Waals surface area contributed by atoms with Crippen molar-refractivity contribution in [2.24, 2.45) is 0 Å². The molecule has 0 aliphatic rings. The SMILES string of the molecule is CCNC(c1ccc(C)cc1C)c1ccc(Cl)cc1F. The van der Waals surface area contributed by atoms with Gasteiger partial charge in [0, 0.05) is 10.6 Å². The largest absolute Gasteiger partial charge is 0.306 e. The Hall–Kier alpha value is -1.38. The van der Waals surface area contributed by atoms with E-state index in [0.29, 0.717) is 10.6 Å². The molecule has 1 nitrogen and oxygen atoms in total. The summed E-state index contributed by atoms with van der Waals surface area (Å²) in [5.41, 5.74) is 4.09. The first-order chi connectivity index (χ1) is 9.52. The molecule has 0 saturated heterocycles. The first-order valence-electron chi connectivity index (χ1n) is 6.78. The molecule has 0 aliphatic carbocycles. The third kappa shape index (κ3) is 3.20. The van der Waals surface area contributed by atoms with E-state index in [1.54, 1.807) is 12.1 Å². The molecule has 0 amide bonds. The molecule has 1 unspecified atom stereocenters. The van der Waals surface area contributed by atoms with Crippen LogP contribution in [0.3, 0.4) is 0 Å². The van der Waals surface area contributed by atoms with Gasteiger partial charge in [-0.25, -0.2) is 4.39 Å². The van der Waals surface area contributed by atoms with Crippen LogP contribution in [-0.4, -0.2) is 6.54 Å². The van der Waals surface area contributed by atoms with E-state index < -0.39 is 0 Å². The van der Waals surface area contributed by atoms with Crippen molar-refractivity contribution in [2.45, 2.75) is 26.8 Å². The number of aryl methyl sites for hydroxylation is 2.